The minimum Gasteiger partial charge on any atom is -0.495 e. The number of likely N-dealkylation sites (N-methyl/N-ethyl adjacent to an activating group) is 1. The van der Waals surface area contributed by atoms with Gasteiger partial charge in [0.05, 0.1) is 24.2 Å². The molecule has 1 aliphatic heterocycles. The first-order chi connectivity index (χ1) is 13.8. The smallest absolute Gasteiger partial charge is 0.243 e. The zero-order chi connectivity index (χ0) is 21.0. The van der Waals surface area contributed by atoms with Gasteiger partial charge >= 0.3 is 0 Å². The van der Waals surface area contributed by atoms with Crippen molar-refractivity contribution < 1.29 is 17.9 Å². The van der Waals surface area contributed by atoms with Gasteiger partial charge in [-0.3, -0.25) is 9.69 Å². The van der Waals surface area contributed by atoms with Gasteiger partial charge in [0.25, 0.3) is 0 Å². The Morgan fingerprint density at radius 1 is 1.24 bits per heavy atom. The molecule has 1 saturated carbocycles. The predicted molar refractivity (Wildman–Crippen MR) is 114 cm³/mol. The Hall–Kier alpha value is -1.64. The van der Waals surface area contributed by atoms with Gasteiger partial charge in [0.2, 0.25) is 15.9 Å². The molecule has 1 atom stereocenters. The number of anilines is 1. The van der Waals surface area contributed by atoms with Crippen molar-refractivity contribution in [2.24, 2.45) is 5.92 Å². The Morgan fingerprint density at radius 3 is 2.48 bits per heavy atom. The second-order valence-electron chi connectivity index (χ2n) is 8.22. The molecule has 7 nitrogen and oxygen atoms in total. The topological polar surface area (TPSA) is 79.0 Å². The number of rotatable bonds is 8. The summed E-state index contributed by atoms with van der Waals surface area (Å²) in [6, 6.07) is 5.03. The number of nitrogens with one attached hydrogen (secondary N) is 1. The number of ether oxygens (including phenoxy) is 1. The fourth-order valence-electron chi connectivity index (χ4n) is 3.88. The van der Waals surface area contributed by atoms with E-state index in [2.05, 4.69) is 12.2 Å². The number of hydrogen-bond donors (Lipinski definition) is 1. The summed E-state index contributed by atoms with van der Waals surface area (Å²) in [6.45, 7) is 3.48. The van der Waals surface area contributed by atoms with Gasteiger partial charge in [0, 0.05) is 19.1 Å². The molecule has 1 heterocycles. The summed E-state index contributed by atoms with van der Waals surface area (Å²) in [5, 5.41) is 2.85. The first-order valence-electron chi connectivity index (χ1n) is 10.5. The fourth-order valence-corrected chi connectivity index (χ4v) is 5.42. The van der Waals surface area contributed by atoms with Gasteiger partial charge in [-0.05, 0) is 63.8 Å². The highest BCUT2D eigenvalue weighted by molar-refractivity contribution is 7.89. The van der Waals surface area contributed by atoms with Gasteiger partial charge in [0.1, 0.15) is 5.75 Å². The SMILES string of the molecule is COc1ccc(S(=O)(=O)N2CCCCCC2)cc1NC(=O)CN(C)C(C)C1CC1. The molecule has 1 N–H and O–H groups in total. The number of hydrogen-bond acceptors (Lipinski definition) is 5. The molecule has 1 aromatic rings. The minimum absolute atomic E-state index is 0.178. The summed E-state index contributed by atoms with van der Waals surface area (Å²) in [6.07, 6.45) is 6.31. The maximum Gasteiger partial charge on any atom is 0.243 e. The van der Waals surface area contributed by atoms with E-state index < -0.39 is 10.0 Å². The lowest BCUT2D eigenvalue weighted by atomic mass is 10.2. The van der Waals surface area contributed by atoms with Crippen molar-refractivity contribution in [2.75, 3.05) is 39.1 Å². The van der Waals surface area contributed by atoms with Gasteiger partial charge in [0.15, 0.2) is 0 Å². The molecule has 1 amide bonds. The number of methoxy groups -OCH3 is 1. The van der Waals surface area contributed by atoms with E-state index in [1.807, 2.05) is 11.9 Å². The zero-order valence-electron chi connectivity index (χ0n) is 17.7. The molecule has 0 aromatic heterocycles. The largest absolute Gasteiger partial charge is 0.495 e. The molecule has 1 aliphatic carbocycles. The van der Waals surface area contributed by atoms with E-state index >= 15 is 0 Å². The normalized spacial score (nSPS) is 19.6. The molecule has 1 saturated heterocycles. The Kier molecular flexibility index (Phi) is 7.19. The van der Waals surface area contributed by atoms with Crippen LogP contribution >= 0.6 is 0 Å². The van der Waals surface area contributed by atoms with E-state index in [0.717, 1.165) is 25.7 Å². The van der Waals surface area contributed by atoms with Crippen molar-refractivity contribution >= 4 is 21.6 Å². The van der Waals surface area contributed by atoms with E-state index in [9.17, 15) is 13.2 Å². The third kappa shape index (κ3) is 5.49. The third-order valence-corrected chi connectivity index (χ3v) is 7.93. The lowest BCUT2D eigenvalue weighted by Gasteiger charge is -2.24. The number of nitrogens with zero attached hydrogens (tertiary/aromatic N) is 2. The van der Waals surface area contributed by atoms with Crippen molar-refractivity contribution in [1.82, 2.24) is 9.21 Å². The Morgan fingerprint density at radius 2 is 1.90 bits per heavy atom. The van der Waals surface area contributed by atoms with Crippen LogP contribution in [0.4, 0.5) is 5.69 Å². The second-order valence-corrected chi connectivity index (χ2v) is 10.2. The molecule has 162 valence electrons. The van der Waals surface area contributed by atoms with Crippen LogP contribution in [0.3, 0.4) is 0 Å². The average molecular weight is 424 g/mol. The molecule has 1 unspecified atom stereocenters. The van der Waals surface area contributed by atoms with E-state index in [1.54, 1.807) is 16.4 Å². The number of carbonyl (C=O) groups excluding carboxylic acids is 1. The van der Waals surface area contributed by atoms with Gasteiger partial charge in [-0.2, -0.15) is 4.31 Å². The summed E-state index contributed by atoms with van der Waals surface area (Å²) >= 11 is 0. The third-order valence-electron chi connectivity index (χ3n) is 6.04. The summed E-state index contributed by atoms with van der Waals surface area (Å²) in [5.41, 5.74) is 0.390. The maximum atomic E-state index is 13.1. The molecule has 0 spiro atoms. The van der Waals surface area contributed by atoms with Crippen LogP contribution in [0.15, 0.2) is 23.1 Å². The molecule has 2 fully saturated rings. The highest BCUT2D eigenvalue weighted by atomic mass is 32.2. The Labute approximate surface area is 174 Å². The standard InChI is InChI=1S/C21H33N3O4S/c1-16(17-8-9-17)23(2)15-21(25)22-19-14-18(10-11-20(19)28-3)29(26,27)24-12-6-4-5-7-13-24/h10-11,14,16-17H,4-9,12-13,15H2,1-3H3,(H,22,25). The highest BCUT2D eigenvalue weighted by Gasteiger charge is 2.31. The van der Waals surface area contributed by atoms with Gasteiger partial charge in [-0.1, -0.05) is 12.8 Å². The van der Waals surface area contributed by atoms with Crippen LogP contribution in [-0.2, 0) is 14.8 Å². The van der Waals surface area contributed by atoms with E-state index in [4.69, 9.17) is 4.74 Å². The lowest BCUT2D eigenvalue weighted by Crippen LogP contribution is -2.37. The monoisotopic (exact) mass is 423 g/mol. The Balaban J connectivity index is 1.74. The molecule has 0 bridgehead atoms. The molecule has 0 radical (unpaired) electrons. The quantitative estimate of drug-likeness (QED) is 0.696. The number of carbonyl (C=O) groups is 1. The number of benzene rings is 1. The van der Waals surface area contributed by atoms with Crippen LogP contribution in [0.5, 0.6) is 5.75 Å². The van der Waals surface area contributed by atoms with Crippen LogP contribution in [0.2, 0.25) is 0 Å². The zero-order valence-corrected chi connectivity index (χ0v) is 18.5. The molecule has 2 aliphatic rings. The Bertz CT molecular complexity index is 815. The minimum atomic E-state index is -3.59. The van der Waals surface area contributed by atoms with Gasteiger partial charge in [-0.15, -0.1) is 0 Å². The van der Waals surface area contributed by atoms with Gasteiger partial charge in [-0.25, -0.2) is 8.42 Å². The van der Waals surface area contributed by atoms with Crippen molar-refractivity contribution in [3.63, 3.8) is 0 Å². The van der Waals surface area contributed by atoms with Crippen LogP contribution in [-0.4, -0.2) is 63.4 Å². The first kappa shape index (κ1) is 22.1. The lowest BCUT2D eigenvalue weighted by molar-refractivity contribution is -0.117. The van der Waals surface area contributed by atoms with Crippen LogP contribution in [0, 0.1) is 5.92 Å². The molecular formula is C21H33N3O4S. The summed E-state index contributed by atoms with van der Waals surface area (Å²) in [7, 11) is -0.138. The average Bonchev–Trinajstić information content (AvgIpc) is 3.53. The van der Waals surface area contributed by atoms with Gasteiger partial charge < -0.3 is 10.1 Å². The number of sulfonamides is 1. The number of amides is 1. The predicted octanol–water partition coefficient (Wildman–Crippen LogP) is 2.93. The van der Waals surface area contributed by atoms with E-state index in [-0.39, 0.29) is 17.3 Å². The van der Waals surface area contributed by atoms with Crippen molar-refractivity contribution in [3.8, 4) is 5.75 Å². The maximum absolute atomic E-state index is 13.1. The molecule has 29 heavy (non-hydrogen) atoms. The molecular weight excluding hydrogens is 390 g/mol. The summed E-state index contributed by atoms with van der Waals surface area (Å²) in [5.74, 6) is 0.943. The second kappa shape index (κ2) is 9.45. The van der Waals surface area contributed by atoms with Crippen LogP contribution < -0.4 is 10.1 Å². The fraction of sp³-hybridized carbons (Fsp3) is 0.667. The summed E-state index contributed by atoms with van der Waals surface area (Å²) in [4.78, 5) is 14.8. The molecule has 8 heteroatoms. The molecule has 3 rings (SSSR count). The van der Waals surface area contributed by atoms with E-state index in [0.29, 0.717) is 36.5 Å². The van der Waals surface area contributed by atoms with Crippen molar-refractivity contribution in [2.45, 2.75) is 56.4 Å². The van der Waals surface area contributed by atoms with E-state index in [1.165, 1.54) is 26.0 Å². The first-order valence-corrected chi connectivity index (χ1v) is 11.9. The van der Waals surface area contributed by atoms with Crippen molar-refractivity contribution in [3.05, 3.63) is 18.2 Å². The molecule has 1 aromatic carbocycles. The van der Waals surface area contributed by atoms with Crippen LogP contribution in [0.1, 0.15) is 45.4 Å². The van der Waals surface area contributed by atoms with Crippen LogP contribution in [0.25, 0.3) is 0 Å². The summed E-state index contributed by atoms with van der Waals surface area (Å²) < 4.78 is 33.1. The van der Waals surface area contributed by atoms with Crippen molar-refractivity contribution in [1.29, 1.82) is 0 Å². The highest BCUT2D eigenvalue weighted by Crippen LogP contribution is 2.34.